The third kappa shape index (κ3) is 2.83. The molecule has 0 aliphatic heterocycles. The Morgan fingerprint density at radius 3 is 2.86 bits per heavy atom. The second kappa shape index (κ2) is 6.26. The summed E-state index contributed by atoms with van der Waals surface area (Å²) in [5.74, 6) is 1.46. The highest BCUT2D eigenvalue weighted by Crippen LogP contribution is 2.32. The first-order valence-electron chi connectivity index (χ1n) is 7.81. The van der Waals surface area contributed by atoms with Gasteiger partial charge in [0, 0.05) is 26.1 Å². The number of hydrogen-bond acceptors (Lipinski definition) is 4. The lowest BCUT2D eigenvalue weighted by Crippen LogP contribution is -2.47. The molecule has 0 atom stereocenters. The van der Waals surface area contributed by atoms with E-state index in [2.05, 4.69) is 0 Å². The maximum Gasteiger partial charge on any atom is 0.281 e. The lowest BCUT2D eigenvalue weighted by atomic mass is 10.2. The summed E-state index contributed by atoms with van der Waals surface area (Å²) in [6.07, 6.45) is 3.26. The second-order valence-electron chi connectivity index (χ2n) is 5.76. The Morgan fingerprint density at radius 1 is 1.45 bits per heavy atom. The fraction of sp³-hybridized carbons (Fsp3) is 0.500. The summed E-state index contributed by atoms with van der Waals surface area (Å²) in [5, 5.41) is 2.89. The molecule has 1 aliphatic rings. The molecule has 0 amide bonds. The maximum atomic E-state index is 13.0. The minimum Gasteiger partial charge on any atom is -0.329 e. The van der Waals surface area contributed by atoms with Crippen LogP contribution in [0.3, 0.4) is 0 Å². The molecule has 22 heavy (non-hydrogen) atoms. The van der Waals surface area contributed by atoms with Crippen LogP contribution in [0.5, 0.6) is 0 Å². The van der Waals surface area contributed by atoms with Crippen molar-refractivity contribution < 1.29 is 0 Å². The van der Waals surface area contributed by atoms with Gasteiger partial charge in [-0.1, -0.05) is 17.7 Å². The average molecular weight is 321 g/mol. The van der Waals surface area contributed by atoms with Crippen LogP contribution in [-0.2, 0) is 6.42 Å². The zero-order valence-electron chi connectivity index (χ0n) is 12.8. The topological polar surface area (TPSA) is 64.2 Å². The molecule has 1 aliphatic carbocycles. The monoisotopic (exact) mass is 320 g/mol. The molecule has 0 spiro atoms. The maximum absolute atomic E-state index is 13.0. The van der Waals surface area contributed by atoms with Gasteiger partial charge >= 0.3 is 0 Å². The van der Waals surface area contributed by atoms with E-state index in [4.69, 9.17) is 22.3 Å². The highest BCUT2D eigenvalue weighted by molar-refractivity contribution is 6.35. The van der Waals surface area contributed by atoms with Gasteiger partial charge in [0.15, 0.2) is 0 Å². The van der Waals surface area contributed by atoms with Crippen molar-refractivity contribution in [2.75, 3.05) is 24.6 Å². The van der Waals surface area contributed by atoms with Crippen molar-refractivity contribution in [3.8, 4) is 0 Å². The number of fused-ring (bicyclic) bond motifs is 1. The number of likely N-dealkylation sites (N-methyl/N-ethyl adjacent to an activating group) is 1. The summed E-state index contributed by atoms with van der Waals surface area (Å²) in [4.78, 5) is 17.7. The summed E-state index contributed by atoms with van der Waals surface area (Å²) < 4.78 is 1.69. The van der Waals surface area contributed by atoms with Crippen LogP contribution in [0.15, 0.2) is 23.0 Å². The van der Waals surface area contributed by atoms with Crippen LogP contribution in [0.2, 0.25) is 5.02 Å². The normalized spacial score (nSPS) is 14.5. The van der Waals surface area contributed by atoms with Crippen molar-refractivity contribution in [1.29, 1.82) is 0 Å². The van der Waals surface area contributed by atoms with Crippen molar-refractivity contribution >= 4 is 22.5 Å². The molecule has 0 bridgehead atoms. The highest BCUT2D eigenvalue weighted by atomic mass is 35.5. The molecule has 1 aromatic carbocycles. The third-order valence-corrected chi connectivity index (χ3v) is 4.41. The van der Waals surface area contributed by atoms with Crippen molar-refractivity contribution in [3.05, 3.63) is 39.4 Å². The molecule has 3 rings (SSSR count). The van der Waals surface area contributed by atoms with E-state index in [1.165, 1.54) is 12.8 Å². The van der Waals surface area contributed by atoms with Gasteiger partial charge in [0.2, 0.25) is 0 Å². The van der Waals surface area contributed by atoms with Gasteiger partial charge in [-0.15, -0.1) is 0 Å². The first-order chi connectivity index (χ1) is 10.7. The summed E-state index contributed by atoms with van der Waals surface area (Å²) in [7, 11) is 0. The lowest BCUT2D eigenvalue weighted by Gasteiger charge is -2.27. The predicted molar refractivity (Wildman–Crippen MR) is 90.1 cm³/mol. The zero-order valence-corrected chi connectivity index (χ0v) is 13.5. The molecule has 2 N–H and O–H groups in total. The van der Waals surface area contributed by atoms with Crippen LogP contribution < -0.4 is 16.3 Å². The Bertz CT molecular complexity index is 739. The Hall–Kier alpha value is -1.59. The van der Waals surface area contributed by atoms with E-state index < -0.39 is 0 Å². The molecule has 5 nitrogen and oxygen atoms in total. The Kier molecular flexibility index (Phi) is 4.36. The average Bonchev–Trinajstić information content (AvgIpc) is 3.30. The van der Waals surface area contributed by atoms with Crippen LogP contribution in [0.4, 0.5) is 0 Å². The molecule has 0 saturated heterocycles. The molecular weight excluding hydrogens is 300 g/mol. The summed E-state index contributed by atoms with van der Waals surface area (Å²) in [5.41, 5.74) is 6.27. The van der Waals surface area contributed by atoms with Gasteiger partial charge in [-0.25, -0.2) is 9.66 Å². The molecule has 1 saturated carbocycles. The molecule has 6 heteroatoms. The first-order valence-corrected chi connectivity index (χ1v) is 8.19. The Morgan fingerprint density at radius 2 is 2.23 bits per heavy atom. The number of hydrogen-bond donors (Lipinski definition) is 1. The Balaban J connectivity index is 2.22. The molecule has 1 aromatic heterocycles. The molecule has 118 valence electrons. The number of halogens is 1. The van der Waals surface area contributed by atoms with Crippen molar-refractivity contribution in [2.24, 2.45) is 11.7 Å². The molecule has 1 heterocycles. The van der Waals surface area contributed by atoms with E-state index in [1.807, 2.05) is 24.1 Å². The zero-order chi connectivity index (χ0) is 15.7. The van der Waals surface area contributed by atoms with Crippen molar-refractivity contribution in [1.82, 2.24) is 9.66 Å². The van der Waals surface area contributed by atoms with Gasteiger partial charge in [-0.2, -0.15) is 0 Å². The van der Waals surface area contributed by atoms with Crippen molar-refractivity contribution in [3.63, 3.8) is 0 Å². The van der Waals surface area contributed by atoms with Crippen LogP contribution in [0, 0.1) is 5.92 Å². The van der Waals surface area contributed by atoms with Crippen LogP contribution in [0.1, 0.15) is 25.6 Å². The van der Waals surface area contributed by atoms with E-state index >= 15 is 0 Å². The second-order valence-corrected chi connectivity index (χ2v) is 6.17. The first kappa shape index (κ1) is 15.3. The summed E-state index contributed by atoms with van der Waals surface area (Å²) in [6.45, 7) is 3.82. The van der Waals surface area contributed by atoms with E-state index in [0.29, 0.717) is 41.5 Å². The van der Waals surface area contributed by atoms with Crippen LogP contribution in [0.25, 0.3) is 10.9 Å². The largest absolute Gasteiger partial charge is 0.329 e. The fourth-order valence-electron chi connectivity index (χ4n) is 2.78. The SMILES string of the molecule is CCN(CCN)n1c(CC2CC2)nc2cccc(Cl)c2c1=O. The van der Waals surface area contributed by atoms with E-state index in [9.17, 15) is 4.79 Å². The van der Waals surface area contributed by atoms with Crippen molar-refractivity contribution in [2.45, 2.75) is 26.2 Å². The quantitative estimate of drug-likeness (QED) is 0.883. The fourth-order valence-corrected chi connectivity index (χ4v) is 3.03. The number of nitrogens with two attached hydrogens (primary N) is 1. The minimum atomic E-state index is -0.0958. The van der Waals surface area contributed by atoms with Gasteiger partial charge in [-0.3, -0.25) is 4.79 Å². The summed E-state index contributed by atoms with van der Waals surface area (Å²) in [6, 6.07) is 5.42. The third-order valence-electron chi connectivity index (χ3n) is 4.10. The molecule has 0 radical (unpaired) electrons. The molecule has 2 aromatic rings. The van der Waals surface area contributed by atoms with Crippen LogP contribution >= 0.6 is 11.6 Å². The summed E-state index contributed by atoms with van der Waals surface area (Å²) >= 11 is 6.23. The number of nitrogens with zero attached hydrogens (tertiary/aromatic N) is 3. The molecular formula is C16H21ClN4O. The number of rotatable bonds is 6. The number of benzene rings is 1. The van der Waals surface area contributed by atoms with Crippen LogP contribution in [-0.4, -0.2) is 29.3 Å². The van der Waals surface area contributed by atoms with Gasteiger partial charge in [-0.05, 0) is 37.8 Å². The van der Waals surface area contributed by atoms with E-state index in [1.54, 1.807) is 10.7 Å². The van der Waals surface area contributed by atoms with Gasteiger partial charge < -0.3 is 10.7 Å². The molecule has 0 unspecified atom stereocenters. The lowest BCUT2D eigenvalue weighted by molar-refractivity contribution is 0.542. The minimum absolute atomic E-state index is 0.0958. The van der Waals surface area contributed by atoms with E-state index in [-0.39, 0.29) is 5.56 Å². The predicted octanol–water partition coefficient (Wildman–Crippen LogP) is 1.92. The van der Waals surface area contributed by atoms with Gasteiger partial charge in [0.05, 0.1) is 15.9 Å². The Labute approximate surface area is 134 Å². The smallest absolute Gasteiger partial charge is 0.281 e. The van der Waals surface area contributed by atoms with Gasteiger partial charge in [0.25, 0.3) is 5.56 Å². The number of aromatic nitrogens is 2. The van der Waals surface area contributed by atoms with E-state index in [0.717, 1.165) is 12.2 Å². The van der Waals surface area contributed by atoms with Gasteiger partial charge in [0.1, 0.15) is 5.82 Å². The molecule has 1 fully saturated rings. The highest BCUT2D eigenvalue weighted by Gasteiger charge is 2.26. The standard InChI is InChI=1S/C16H21ClN4O/c1-2-20(9-8-18)21-14(10-11-6-7-11)19-13-5-3-4-12(17)15(13)16(21)22/h3-5,11H,2,6-10,18H2,1H3.